The van der Waals surface area contributed by atoms with E-state index in [0.717, 1.165) is 29.8 Å². The first-order valence-corrected chi connectivity index (χ1v) is 9.26. The average molecular weight is 350 g/mol. The largest absolute Gasteiger partial charge is 0.354 e. The number of allylic oxidation sites excluding steroid dienone is 1. The summed E-state index contributed by atoms with van der Waals surface area (Å²) in [5.41, 5.74) is 4.89. The Hall–Kier alpha value is -2.69. The number of rotatable bonds is 6. The van der Waals surface area contributed by atoms with Crippen molar-refractivity contribution in [2.75, 3.05) is 17.2 Å². The van der Waals surface area contributed by atoms with Crippen LogP contribution in [-0.4, -0.2) is 22.4 Å². The molecule has 5 heteroatoms. The number of carbonyl (C=O) groups excluding carboxylic acids is 1. The minimum absolute atomic E-state index is 0.223. The highest BCUT2D eigenvalue weighted by molar-refractivity contribution is 6.03. The highest BCUT2D eigenvalue weighted by Gasteiger charge is 2.11. The summed E-state index contributed by atoms with van der Waals surface area (Å²) in [6.07, 6.45) is 9.95. The maximum absolute atomic E-state index is 12.5. The maximum atomic E-state index is 12.5. The Kier molecular flexibility index (Phi) is 6.00. The van der Waals surface area contributed by atoms with Gasteiger partial charge in [0.1, 0.15) is 5.69 Å². The summed E-state index contributed by atoms with van der Waals surface area (Å²) < 4.78 is 0. The molecule has 0 atom stereocenters. The molecular formula is C21H26N4O. The monoisotopic (exact) mass is 350 g/mol. The first kappa shape index (κ1) is 18.1. The lowest BCUT2D eigenvalue weighted by atomic mass is 9.97. The van der Waals surface area contributed by atoms with E-state index in [1.165, 1.54) is 31.3 Å². The summed E-state index contributed by atoms with van der Waals surface area (Å²) in [4.78, 5) is 21.1. The molecular weight excluding hydrogens is 324 g/mol. The summed E-state index contributed by atoms with van der Waals surface area (Å²) in [5, 5.41) is 6.16. The predicted molar refractivity (Wildman–Crippen MR) is 106 cm³/mol. The molecule has 0 saturated heterocycles. The number of hydrogen-bond acceptors (Lipinski definition) is 4. The fourth-order valence-corrected chi connectivity index (χ4v) is 3.11. The lowest BCUT2D eigenvalue weighted by molar-refractivity contribution is 0.102. The molecule has 0 fully saturated rings. The fourth-order valence-electron chi connectivity index (χ4n) is 3.11. The molecule has 0 spiro atoms. The second-order valence-electron chi connectivity index (χ2n) is 6.75. The molecule has 0 unspecified atom stereocenters. The molecule has 1 aliphatic rings. The molecule has 1 aliphatic carbocycles. The van der Waals surface area contributed by atoms with Crippen molar-refractivity contribution in [2.45, 2.75) is 46.0 Å². The van der Waals surface area contributed by atoms with E-state index < -0.39 is 0 Å². The highest BCUT2D eigenvalue weighted by atomic mass is 16.1. The molecule has 3 rings (SSSR count). The topological polar surface area (TPSA) is 66.9 Å². The number of carbonyl (C=O) groups is 1. The quantitative estimate of drug-likeness (QED) is 0.744. The van der Waals surface area contributed by atoms with Gasteiger partial charge in [-0.25, -0.2) is 9.97 Å². The van der Waals surface area contributed by atoms with Crippen molar-refractivity contribution in [2.24, 2.45) is 0 Å². The summed E-state index contributed by atoms with van der Waals surface area (Å²) in [6.45, 7) is 4.81. The van der Waals surface area contributed by atoms with Crippen LogP contribution >= 0.6 is 0 Å². The number of nitrogens with zero attached hydrogens (tertiary/aromatic N) is 2. The van der Waals surface area contributed by atoms with Crippen LogP contribution in [0.25, 0.3) is 0 Å². The smallest absolute Gasteiger partial charge is 0.274 e. The molecule has 1 aromatic carbocycles. The number of aryl methyl sites for hydroxylation is 1. The number of hydrogen-bond donors (Lipinski definition) is 2. The van der Waals surface area contributed by atoms with Gasteiger partial charge in [-0.15, -0.1) is 0 Å². The SMILES string of the molecule is Cc1cccc(NC(=O)c2ccnc(NCCC3=CCCCC3)n2)c1C. The third kappa shape index (κ3) is 4.69. The van der Waals surface area contributed by atoms with Crippen LogP contribution in [-0.2, 0) is 0 Å². The second kappa shape index (κ2) is 8.61. The van der Waals surface area contributed by atoms with E-state index in [0.29, 0.717) is 11.6 Å². The van der Waals surface area contributed by atoms with E-state index in [1.807, 2.05) is 32.0 Å². The first-order chi connectivity index (χ1) is 12.6. The van der Waals surface area contributed by atoms with Gasteiger partial charge in [0.15, 0.2) is 0 Å². The second-order valence-corrected chi connectivity index (χ2v) is 6.75. The molecule has 1 heterocycles. The number of amides is 1. The zero-order valence-electron chi connectivity index (χ0n) is 15.5. The Bertz CT molecular complexity index is 813. The molecule has 136 valence electrons. The third-order valence-corrected chi connectivity index (χ3v) is 4.86. The predicted octanol–water partition coefficient (Wildman–Crippen LogP) is 4.65. The van der Waals surface area contributed by atoms with Gasteiger partial charge < -0.3 is 10.6 Å². The van der Waals surface area contributed by atoms with Crippen molar-refractivity contribution < 1.29 is 4.79 Å². The van der Waals surface area contributed by atoms with E-state index in [2.05, 4.69) is 26.7 Å². The number of anilines is 2. The Balaban J connectivity index is 1.60. The van der Waals surface area contributed by atoms with Crippen LogP contribution in [0, 0.1) is 13.8 Å². The normalized spacial score (nSPS) is 13.8. The molecule has 0 radical (unpaired) electrons. The van der Waals surface area contributed by atoms with E-state index in [4.69, 9.17) is 0 Å². The van der Waals surface area contributed by atoms with Crippen molar-refractivity contribution in [1.82, 2.24) is 9.97 Å². The van der Waals surface area contributed by atoms with Crippen LogP contribution < -0.4 is 10.6 Å². The summed E-state index contributed by atoms with van der Waals surface area (Å²) in [5.74, 6) is 0.272. The Morgan fingerprint density at radius 3 is 2.88 bits per heavy atom. The van der Waals surface area contributed by atoms with Crippen molar-refractivity contribution in [3.05, 3.63) is 58.9 Å². The molecule has 0 saturated carbocycles. The minimum atomic E-state index is -0.223. The Labute approximate surface area is 155 Å². The molecule has 1 aromatic heterocycles. The van der Waals surface area contributed by atoms with Gasteiger partial charge in [-0.3, -0.25) is 4.79 Å². The summed E-state index contributed by atoms with van der Waals surface area (Å²) >= 11 is 0. The Morgan fingerprint density at radius 1 is 1.19 bits per heavy atom. The van der Waals surface area contributed by atoms with Gasteiger partial charge in [0.05, 0.1) is 0 Å². The molecule has 5 nitrogen and oxygen atoms in total. The fraction of sp³-hybridized carbons (Fsp3) is 0.381. The van der Waals surface area contributed by atoms with E-state index in [-0.39, 0.29) is 5.91 Å². The van der Waals surface area contributed by atoms with Gasteiger partial charge in [0.25, 0.3) is 5.91 Å². The number of nitrogens with one attached hydrogen (secondary N) is 2. The van der Waals surface area contributed by atoms with Crippen LogP contribution in [0.2, 0.25) is 0 Å². The molecule has 2 N–H and O–H groups in total. The van der Waals surface area contributed by atoms with Crippen LogP contribution in [0.5, 0.6) is 0 Å². The first-order valence-electron chi connectivity index (χ1n) is 9.26. The molecule has 26 heavy (non-hydrogen) atoms. The Morgan fingerprint density at radius 2 is 2.08 bits per heavy atom. The van der Waals surface area contributed by atoms with Crippen LogP contribution in [0.15, 0.2) is 42.1 Å². The van der Waals surface area contributed by atoms with Gasteiger partial charge in [0.2, 0.25) is 5.95 Å². The number of aromatic nitrogens is 2. The average Bonchev–Trinajstić information content (AvgIpc) is 2.66. The van der Waals surface area contributed by atoms with Crippen molar-refractivity contribution in [3.63, 3.8) is 0 Å². The van der Waals surface area contributed by atoms with Crippen molar-refractivity contribution >= 4 is 17.5 Å². The molecule has 1 amide bonds. The van der Waals surface area contributed by atoms with Gasteiger partial charge in [0, 0.05) is 18.4 Å². The lowest BCUT2D eigenvalue weighted by Gasteiger charge is -2.13. The van der Waals surface area contributed by atoms with E-state index in [1.54, 1.807) is 12.3 Å². The van der Waals surface area contributed by atoms with Crippen LogP contribution in [0.3, 0.4) is 0 Å². The van der Waals surface area contributed by atoms with E-state index in [9.17, 15) is 4.79 Å². The standard InChI is InChI=1S/C21H26N4O/c1-15-7-6-10-18(16(15)2)24-20(26)19-12-14-23-21(25-19)22-13-11-17-8-4-3-5-9-17/h6-8,10,12,14H,3-5,9,11,13H2,1-2H3,(H,24,26)(H,22,23,25). The van der Waals surface area contributed by atoms with Gasteiger partial charge in [-0.2, -0.15) is 0 Å². The summed E-state index contributed by atoms with van der Waals surface area (Å²) in [7, 11) is 0. The maximum Gasteiger partial charge on any atom is 0.274 e. The van der Waals surface area contributed by atoms with Crippen molar-refractivity contribution in [1.29, 1.82) is 0 Å². The summed E-state index contributed by atoms with van der Waals surface area (Å²) in [6, 6.07) is 7.50. The zero-order chi connectivity index (χ0) is 18.4. The van der Waals surface area contributed by atoms with Crippen LogP contribution in [0.4, 0.5) is 11.6 Å². The minimum Gasteiger partial charge on any atom is -0.354 e. The van der Waals surface area contributed by atoms with Crippen LogP contribution in [0.1, 0.15) is 53.7 Å². The lowest BCUT2D eigenvalue weighted by Crippen LogP contribution is -2.16. The van der Waals surface area contributed by atoms with Gasteiger partial charge >= 0.3 is 0 Å². The number of benzene rings is 1. The van der Waals surface area contributed by atoms with Gasteiger partial charge in [-0.05, 0) is 69.2 Å². The molecule has 0 bridgehead atoms. The third-order valence-electron chi connectivity index (χ3n) is 4.86. The molecule has 2 aromatic rings. The molecule has 0 aliphatic heterocycles. The van der Waals surface area contributed by atoms with E-state index >= 15 is 0 Å². The highest BCUT2D eigenvalue weighted by Crippen LogP contribution is 2.20. The van der Waals surface area contributed by atoms with Crippen molar-refractivity contribution in [3.8, 4) is 0 Å². The zero-order valence-corrected chi connectivity index (χ0v) is 15.5. The van der Waals surface area contributed by atoms with Gasteiger partial charge in [-0.1, -0.05) is 23.8 Å².